The van der Waals surface area contributed by atoms with E-state index in [-0.39, 0.29) is 11.4 Å². The quantitative estimate of drug-likeness (QED) is 0.798. The number of hydrogen-bond donors (Lipinski definition) is 1. The maximum Gasteiger partial charge on any atom is 0.275 e. The summed E-state index contributed by atoms with van der Waals surface area (Å²) in [6.07, 6.45) is 1.01. The highest BCUT2D eigenvalue weighted by atomic mass is 19.1. The molecule has 0 bridgehead atoms. The topological polar surface area (TPSA) is 53.4 Å². The van der Waals surface area contributed by atoms with Gasteiger partial charge in [0.25, 0.3) is 5.56 Å². The van der Waals surface area contributed by atoms with Crippen molar-refractivity contribution in [2.24, 2.45) is 0 Å². The molecular formula is C19H21FN4O. The Labute approximate surface area is 145 Å². The highest BCUT2D eigenvalue weighted by molar-refractivity contribution is 5.42. The van der Waals surface area contributed by atoms with Crippen LogP contribution in [0.4, 0.5) is 4.39 Å². The fourth-order valence-corrected chi connectivity index (χ4v) is 3.57. The van der Waals surface area contributed by atoms with E-state index in [1.54, 1.807) is 19.1 Å². The van der Waals surface area contributed by atoms with Crippen LogP contribution in [0.25, 0.3) is 5.65 Å². The maximum absolute atomic E-state index is 13.3. The van der Waals surface area contributed by atoms with Gasteiger partial charge in [-0.15, -0.1) is 0 Å². The van der Waals surface area contributed by atoms with Crippen LogP contribution in [0.2, 0.25) is 0 Å². The number of fused-ring (bicyclic) bond motifs is 1. The van der Waals surface area contributed by atoms with Gasteiger partial charge in [-0.05, 0) is 44.5 Å². The molecule has 1 atom stereocenters. The second-order valence-electron chi connectivity index (χ2n) is 6.88. The summed E-state index contributed by atoms with van der Waals surface area (Å²) in [6.45, 7) is 6.24. The first-order chi connectivity index (χ1) is 12.0. The molecule has 0 aliphatic carbocycles. The zero-order valence-corrected chi connectivity index (χ0v) is 14.4. The normalized spacial score (nSPS) is 18.3. The molecule has 25 heavy (non-hydrogen) atoms. The number of hydrogen-bond acceptors (Lipinski definition) is 3. The summed E-state index contributed by atoms with van der Waals surface area (Å²) in [7, 11) is 0. The Hall–Kier alpha value is -2.47. The average Bonchev–Trinajstić information content (AvgIpc) is 3.20. The number of aryl methyl sites for hydroxylation is 1. The Kier molecular flexibility index (Phi) is 3.92. The molecule has 3 aromatic rings. The van der Waals surface area contributed by atoms with E-state index in [9.17, 15) is 9.18 Å². The Bertz CT molecular complexity index is 991. The number of rotatable bonds is 3. The van der Waals surface area contributed by atoms with Gasteiger partial charge in [-0.25, -0.2) is 13.9 Å². The smallest absolute Gasteiger partial charge is 0.275 e. The summed E-state index contributed by atoms with van der Waals surface area (Å²) in [5, 5.41) is 3.22. The van der Waals surface area contributed by atoms with Crippen molar-refractivity contribution in [3.8, 4) is 0 Å². The third-order valence-corrected chi connectivity index (χ3v) is 5.11. The van der Waals surface area contributed by atoms with E-state index >= 15 is 0 Å². The minimum atomic E-state index is -0.194. The third-order valence-electron chi connectivity index (χ3n) is 5.11. The van der Waals surface area contributed by atoms with Crippen molar-refractivity contribution >= 4 is 5.65 Å². The molecule has 0 radical (unpaired) electrons. The van der Waals surface area contributed by atoms with Gasteiger partial charge in [-0.3, -0.25) is 14.8 Å². The van der Waals surface area contributed by atoms with Gasteiger partial charge >= 0.3 is 0 Å². The maximum atomic E-state index is 13.3. The molecule has 5 nitrogen and oxygen atoms in total. The van der Waals surface area contributed by atoms with Gasteiger partial charge in [0, 0.05) is 42.0 Å². The van der Waals surface area contributed by atoms with Gasteiger partial charge in [0.05, 0.1) is 0 Å². The number of benzene rings is 1. The molecule has 6 heteroatoms. The van der Waals surface area contributed by atoms with Crippen molar-refractivity contribution in [1.29, 1.82) is 0 Å². The summed E-state index contributed by atoms with van der Waals surface area (Å²) in [5.74, 6) is 0.135. The number of halogens is 1. The number of nitrogens with one attached hydrogen (secondary N) is 1. The molecule has 1 N–H and O–H groups in total. The highest BCUT2D eigenvalue weighted by Crippen LogP contribution is 2.27. The Morgan fingerprint density at radius 3 is 2.96 bits per heavy atom. The largest absolute Gasteiger partial charge is 0.298 e. The highest BCUT2D eigenvalue weighted by Gasteiger charge is 2.26. The Balaban J connectivity index is 1.54. The summed E-state index contributed by atoms with van der Waals surface area (Å²) in [4.78, 5) is 19.2. The van der Waals surface area contributed by atoms with Gasteiger partial charge in [-0.1, -0.05) is 12.1 Å². The second kappa shape index (κ2) is 6.11. The van der Waals surface area contributed by atoms with Crippen molar-refractivity contribution in [1.82, 2.24) is 19.5 Å². The van der Waals surface area contributed by atoms with Crippen LogP contribution in [0, 0.1) is 19.7 Å². The zero-order valence-electron chi connectivity index (χ0n) is 14.4. The number of aromatic nitrogens is 3. The van der Waals surface area contributed by atoms with Crippen LogP contribution in [-0.2, 0) is 6.54 Å². The van der Waals surface area contributed by atoms with Gasteiger partial charge in [0.1, 0.15) is 5.82 Å². The lowest BCUT2D eigenvalue weighted by Gasteiger charge is -2.15. The molecule has 0 saturated carbocycles. The first-order valence-electron chi connectivity index (χ1n) is 8.57. The summed E-state index contributed by atoms with van der Waals surface area (Å²) in [5.41, 5.74) is 4.10. The molecule has 0 spiro atoms. The monoisotopic (exact) mass is 340 g/mol. The van der Waals surface area contributed by atoms with Crippen LogP contribution < -0.4 is 5.56 Å². The molecule has 1 aliphatic heterocycles. The fourth-order valence-electron chi connectivity index (χ4n) is 3.57. The molecule has 1 saturated heterocycles. The van der Waals surface area contributed by atoms with Crippen molar-refractivity contribution in [3.63, 3.8) is 0 Å². The molecule has 2 aromatic heterocycles. The molecule has 130 valence electrons. The van der Waals surface area contributed by atoms with Crippen molar-refractivity contribution in [2.45, 2.75) is 32.7 Å². The first kappa shape index (κ1) is 16.0. The van der Waals surface area contributed by atoms with Gasteiger partial charge in [-0.2, -0.15) is 0 Å². The van der Waals surface area contributed by atoms with Crippen LogP contribution in [0.5, 0.6) is 0 Å². The van der Waals surface area contributed by atoms with E-state index in [4.69, 9.17) is 0 Å². The lowest BCUT2D eigenvalue weighted by Crippen LogP contribution is -2.20. The van der Waals surface area contributed by atoms with Crippen LogP contribution in [0.3, 0.4) is 0 Å². The average molecular weight is 340 g/mol. The van der Waals surface area contributed by atoms with Crippen LogP contribution in [0.1, 0.15) is 34.9 Å². The minimum absolute atomic E-state index is 0.0386. The van der Waals surface area contributed by atoms with Crippen molar-refractivity contribution < 1.29 is 4.39 Å². The van der Waals surface area contributed by atoms with E-state index in [0.717, 1.165) is 43.0 Å². The SMILES string of the molecule is Cc1nc2cc(C3CCN(Cc4cccc(F)c4)C3)[nH]n2c(=O)c1C. The van der Waals surface area contributed by atoms with Crippen LogP contribution >= 0.6 is 0 Å². The van der Waals surface area contributed by atoms with Crippen molar-refractivity contribution in [3.05, 3.63) is 69.0 Å². The molecule has 4 rings (SSSR count). The molecular weight excluding hydrogens is 319 g/mol. The van der Waals surface area contributed by atoms with Gasteiger partial charge < -0.3 is 0 Å². The molecule has 1 aromatic carbocycles. The zero-order chi connectivity index (χ0) is 17.6. The lowest BCUT2D eigenvalue weighted by molar-refractivity contribution is 0.325. The fraction of sp³-hybridized carbons (Fsp3) is 0.368. The second-order valence-corrected chi connectivity index (χ2v) is 6.88. The number of aromatic amines is 1. The molecule has 1 fully saturated rings. The summed E-state index contributed by atoms with van der Waals surface area (Å²) >= 11 is 0. The standard InChI is InChI=1S/C19H21FN4O/c1-12-13(2)21-18-9-17(22-24(18)19(12)25)15-6-7-23(11-15)10-14-4-3-5-16(20)8-14/h3-5,8-9,15,22H,6-7,10-11H2,1-2H3. The number of likely N-dealkylation sites (tertiary alicyclic amines) is 1. The van der Waals surface area contributed by atoms with E-state index in [1.807, 2.05) is 19.1 Å². The molecule has 1 unspecified atom stereocenters. The van der Waals surface area contributed by atoms with Crippen LogP contribution in [-0.4, -0.2) is 32.6 Å². The Morgan fingerprint density at radius 1 is 1.32 bits per heavy atom. The number of H-pyrrole nitrogens is 1. The van der Waals surface area contributed by atoms with Crippen LogP contribution in [0.15, 0.2) is 35.1 Å². The van der Waals surface area contributed by atoms with Crippen molar-refractivity contribution in [2.75, 3.05) is 13.1 Å². The summed E-state index contributed by atoms with van der Waals surface area (Å²) in [6, 6.07) is 8.73. The lowest BCUT2D eigenvalue weighted by atomic mass is 10.1. The van der Waals surface area contributed by atoms with E-state index in [0.29, 0.717) is 17.1 Å². The third kappa shape index (κ3) is 2.98. The first-order valence-corrected chi connectivity index (χ1v) is 8.57. The molecule has 3 heterocycles. The summed E-state index contributed by atoms with van der Waals surface area (Å²) < 4.78 is 14.9. The van der Waals surface area contributed by atoms with Gasteiger partial charge in [0.15, 0.2) is 5.65 Å². The van der Waals surface area contributed by atoms with E-state index < -0.39 is 0 Å². The predicted octanol–water partition coefficient (Wildman–Crippen LogP) is 2.77. The number of nitrogens with zero attached hydrogens (tertiary/aromatic N) is 3. The predicted molar refractivity (Wildman–Crippen MR) is 94.3 cm³/mol. The minimum Gasteiger partial charge on any atom is -0.298 e. The molecule has 0 amide bonds. The molecule has 1 aliphatic rings. The van der Waals surface area contributed by atoms with E-state index in [2.05, 4.69) is 15.0 Å². The Morgan fingerprint density at radius 2 is 2.16 bits per heavy atom. The van der Waals surface area contributed by atoms with Gasteiger partial charge in [0.2, 0.25) is 0 Å². The van der Waals surface area contributed by atoms with E-state index in [1.165, 1.54) is 10.6 Å².